The zero-order valence-corrected chi connectivity index (χ0v) is 10.3. The van der Waals surface area contributed by atoms with Crippen molar-refractivity contribution in [3.63, 3.8) is 0 Å². The van der Waals surface area contributed by atoms with Crippen LogP contribution in [0, 0.1) is 6.92 Å². The van der Waals surface area contributed by atoms with Crippen LogP contribution in [0.3, 0.4) is 0 Å². The highest BCUT2D eigenvalue weighted by Gasteiger charge is 2.32. The molecule has 0 aliphatic carbocycles. The predicted molar refractivity (Wildman–Crippen MR) is 63.2 cm³/mol. The third-order valence-corrected chi connectivity index (χ3v) is 3.04. The van der Waals surface area contributed by atoms with Crippen LogP contribution in [0.4, 0.5) is 0 Å². The fourth-order valence-electron chi connectivity index (χ4n) is 2.29. The molecule has 5 nitrogen and oxygen atoms in total. The summed E-state index contributed by atoms with van der Waals surface area (Å²) in [5, 5.41) is 3.88. The topological polar surface area (TPSA) is 72.4 Å². The summed E-state index contributed by atoms with van der Waals surface area (Å²) in [4.78, 5) is 13.9. The van der Waals surface area contributed by atoms with Gasteiger partial charge in [-0.2, -0.15) is 0 Å². The second kappa shape index (κ2) is 4.87. The summed E-state index contributed by atoms with van der Waals surface area (Å²) in [6.07, 6.45) is 2.35. The van der Waals surface area contributed by atoms with Gasteiger partial charge in [0.2, 0.25) is 5.91 Å². The average Bonchev–Trinajstić information content (AvgIpc) is 2.83. The number of hydrogen-bond acceptors (Lipinski definition) is 4. The van der Waals surface area contributed by atoms with Gasteiger partial charge >= 0.3 is 0 Å². The number of hydrogen-bond donors (Lipinski definition) is 1. The normalized spacial score (nSPS) is 21.8. The first-order valence-corrected chi connectivity index (χ1v) is 6.06. The van der Waals surface area contributed by atoms with Crippen LogP contribution in [0.2, 0.25) is 0 Å². The molecule has 2 atom stereocenters. The summed E-state index contributed by atoms with van der Waals surface area (Å²) in [5.41, 5.74) is 6.52. The van der Waals surface area contributed by atoms with Gasteiger partial charge in [-0.05, 0) is 26.7 Å². The van der Waals surface area contributed by atoms with E-state index in [1.54, 1.807) is 0 Å². The number of aromatic nitrogens is 1. The van der Waals surface area contributed by atoms with E-state index in [1.165, 1.54) is 0 Å². The van der Waals surface area contributed by atoms with E-state index in [1.807, 2.05) is 24.8 Å². The standard InChI is InChI=1S/C12H19N3O2/c1-8(13)6-12(16)15-5-3-4-10(15)11-7-9(2)14-17-11/h7-8,10H,3-6,13H2,1-2H3. The van der Waals surface area contributed by atoms with Crippen LogP contribution in [0.5, 0.6) is 0 Å². The van der Waals surface area contributed by atoms with Gasteiger partial charge in [-0.25, -0.2) is 0 Å². The molecule has 2 N–H and O–H groups in total. The summed E-state index contributed by atoms with van der Waals surface area (Å²) in [6, 6.07) is 1.85. The number of nitrogens with zero attached hydrogens (tertiary/aromatic N) is 2. The number of amides is 1. The second-order valence-electron chi connectivity index (χ2n) is 4.80. The van der Waals surface area contributed by atoms with Crippen LogP contribution in [0.25, 0.3) is 0 Å². The number of likely N-dealkylation sites (tertiary alicyclic amines) is 1. The molecule has 1 aliphatic rings. The molecule has 0 aromatic carbocycles. The van der Waals surface area contributed by atoms with Crippen molar-refractivity contribution in [1.29, 1.82) is 0 Å². The summed E-state index contributed by atoms with van der Waals surface area (Å²) < 4.78 is 5.26. The van der Waals surface area contributed by atoms with Gasteiger partial charge in [0, 0.05) is 25.1 Å². The predicted octanol–water partition coefficient (Wildman–Crippen LogP) is 1.38. The molecule has 1 saturated heterocycles. The van der Waals surface area contributed by atoms with Gasteiger partial charge in [-0.1, -0.05) is 5.16 Å². The lowest BCUT2D eigenvalue weighted by Gasteiger charge is -2.23. The maximum absolute atomic E-state index is 12.0. The summed E-state index contributed by atoms with van der Waals surface area (Å²) in [7, 11) is 0. The molecular formula is C12H19N3O2. The first kappa shape index (κ1) is 12.1. The summed E-state index contributed by atoms with van der Waals surface area (Å²) in [5.74, 6) is 0.898. The first-order valence-electron chi connectivity index (χ1n) is 6.06. The van der Waals surface area contributed by atoms with Gasteiger partial charge in [-0.15, -0.1) is 0 Å². The van der Waals surface area contributed by atoms with Crippen molar-refractivity contribution >= 4 is 5.91 Å². The van der Waals surface area contributed by atoms with Crippen LogP contribution in [0.15, 0.2) is 10.6 Å². The number of aryl methyl sites for hydroxylation is 1. The minimum Gasteiger partial charge on any atom is -0.359 e. The fraction of sp³-hybridized carbons (Fsp3) is 0.667. The average molecular weight is 237 g/mol. The number of rotatable bonds is 3. The van der Waals surface area contributed by atoms with Crippen molar-refractivity contribution in [1.82, 2.24) is 10.1 Å². The monoisotopic (exact) mass is 237 g/mol. The van der Waals surface area contributed by atoms with Crippen molar-refractivity contribution in [3.05, 3.63) is 17.5 Å². The Morgan fingerprint density at radius 3 is 3.12 bits per heavy atom. The van der Waals surface area contributed by atoms with E-state index in [0.717, 1.165) is 30.8 Å². The van der Waals surface area contributed by atoms with E-state index in [2.05, 4.69) is 5.16 Å². The summed E-state index contributed by atoms with van der Waals surface area (Å²) in [6.45, 7) is 4.52. The lowest BCUT2D eigenvalue weighted by Crippen LogP contribution is -2.34. The Morgan fingerprint density at radius 1 is 1.76 bits per heavy atom. The van der Waals surface area contributed by atoms with Crippen LogP contribution in [-0.2, 0) is 4.79 Å². The van der Waals surface area contributed by atoms with E-state index in [9.17, 15) is 4.79 Å². The third kappa shape index (κ3) is 2.66. The SMILES string of the molecule is Cc1cc(C2CCCN2C(=O)CC(C)N)on1. The largest absolute Gasteiger partial charge is 0.359 e. The molecule has 17 heavy (non-hydrogen) atoms. The maximum atomic E-state index is 12.0. The van der Waals surface area contributed by atoms with Crippen molar-refractivity contribution in [2.75, 3.05) is 6.54 Å². The lowest BCUT2D eigenvalue weighted by molar-refractivity contribution is -0.132. The highest BCUT2D eigenvalue weighted by molar-refractivity contribution is 5.77. The van der Waals surface area contributed by atoms with Crippen LogP contribution in [0.1, 0.15) is 43.7 Å². The Labute approximate surface area is 101 Å². The molecule has 0 spiro atoms. The highest BCUT2D eigenvalue weighted by Crippen LogP contribution is 2.32. The summed E-state index contributed by atoms with van der Waals surface area (Å²) >= 11 is 0. The van der Waals surface area contributed by atoms with Crippen molar-refractivity contribution < 1.29 is 9.32 Å². The highest BCUT2D eigenvalue weighted by atomic mass is 16.5. The molecule has 1 aliphatic heterocycles. The van der Waals surface area contributed by atoms with Crippen molar-refractivity contribution in [2.24, 2.45) is 5.73 Å². The first-order chi connectivity index (χ1) is 8.08. The molecular weight excluding hydrogens is 218 g/mol. The van der Waals surface area contributed by atoms with E-state index in [4.69, 9.17) is 10.3 Å². The number of nitrogens with two attached hydrogens (primary N) is 1. The molecule has 2 heterocycles. The molecule has 5 heteroatoms. The van der Waals surface area contributed by atoms with Crippen molar-refractivity contribution in [3.8, 4) is 0 Å². The fourth-order valence-corrected chi connectivity index (χ4v) is 2.29. The van der Waals surface area contributed by atoms with Crippen molar-refractivity contribution in [2.45, 2.75) is 45.2 Å². The molecule has 0 bridgehead atoms. The molecule has 2 rings (SSSR count). The molecule has 0 radical (unpaired) electrons. The van der Waals surface area contributed by atoms with Gasteiger partial charge in [-0.3, -0.25) is 4.79 Å². The van der Waals surface area contributed by atoms with E-state index in [-0.39, 0.29) is 18.0 Å². The Balaban J connectivity index is 2.09. The van der Waals surface area contributed by atoms with Gasteiger partial charge in [0.25, 0.3) is 0 Å². The molecule has 0 saturated carbocycles. The van der Waals surface area contributed by atoms with Gasteiger partial charge in [0.15, 0.2) is 5.76 Å². The quantitative estimate of drug-likeness (QED) is 0.862. The Morgan fingerprint density at radius 2 is 2.53 bits per heavy atom. The molecule has 1 fully saturated rings. The minimum absolute atomic E-state index is 0.0439. The molecule has 94 valence electrons. The van der Waals surface area contributed by atoms with E-state index < -0.39 is 0 Å². The molecule has 2 unspecified atom stereocenters. The van der Waals surface area contributed by atoms with Crippen LogP contribution >= 0.6 is 0 Å². The smallest absolute Gasteiger partial charge is 0.224 e. The number of carbonyl (C=O) groups excluding carboxylic acids is 1. The molecule has 1 aromatic heterocycles. The van der Waals surface area contributed by atoms with Gasteiger partial charge in [0.05, 0.1) is 11.7 Å². The zero-order valence-electron chi connectivity index (χ0n) is 10.3. The Hall–Kier alpha value is -1.36. The van der Waals surface area contributed by atoms with Crippen LogP contribution < -0.4 is 5.73 Å². The lowest BCUT2D eigenvalue weighted by atomic mass is 10.1. The Bertz CT molecular complexity index is 400. The van der Waals surface area contributed by atoms with E-state index >= 15 is 0 Å². The third-order valence-electron chi connectivity index (χ3n) is 3.04. The minimum atomic E-state index is -0.0970. The maximum Gasteiger partial charge on any atom is 0.224 e. The number of carbonyl (C=O) groups is 1. The second-order valence-corrected chi connectivity index (χ2v) is 4.80. The Kier molecular flexibility index (Phi) is 3.47. The zero-order chi connectivity index (χ0) is 12.4. The van der Waals surface area contributed by atoms with Crippen LogP contribution in [-0.4, -0.2) is 28.6 Å². The van der Waals surface area contributed by atoms with E-state index in [0.29, 0.717) is 6.42 Å². The van der Waals surface area contributed by atoms with Gasteiger partial charge < -0.3 is 15.2 Å². The molecule has 1 amide bonds. The molecule has 1 aromatic rings. The van der Waals surface area contributed by atoms with Gasteiger partial charge in [0.1, 0.15) is 0 Å².